The first-order chi connectivity index (χ1) is 6.06. The molecule has 1 fully saturated rings. The van der Waals surface area contributed by atoms with Crippen LogP contribution >= 0.6 is 0 Å². The van der Waals surface area contributed by atoms with E-state index in [0.717, 1.165) is 6.41 Å². The topological polar surface area (TPSA) is 49.4 Å². The second-order valence-corrected chi connectivity index (χ2v) is 3.90. The third-order valence-corrected chi connectivity index (χ3v) is 2.27. The molecular weight excluding hydrogens is 168 g/mol. The third kappa shape index (κ3) is 1.99. The Morgan fingerprint density at radius 1 is 1.62 bits per heavy atom. The van der Waals surface area contributed by atoms with Gasteiger partial charge in [0, 0.05) is 12.6 Å². The van der Waals surface area contributed by atoms with Crippen molar-refractivity contribution in [1.82, 2.24) is 10.2 Å². The summed E-state index contributed by atoms with van der Waals surface area (Å²) in [4.78, 5) is 23.8. The van der Waals surface area contributed by atoms with Gasteiger partial charge in [0.05, 0.1) is 0 Å². The average molecular weight is 184 g/mol. The summed E-state index contributed by atoms with van der Waals surface area (Å²) in [6.45, 7) is 6.39. The maximum atomic E-state index is 11.5. The van der Waals surface area contributed by atoms with Gasteiger partial charge in [-0.2, -0.15) is 0 Å². The summed E-state index contributed by atoms with van der Waals surface area (Å²) in [5, 5.41) is 2.84. The molecule has 0 spiro atoms. The van der Waals surface area contributed by atoms with Crippen LogP contribution in [-0.2, 0) is 9.59 Å². The zero-order chi connectivity index (χ0) is 10.0. The van der Waals surface area contributed by atoms with Crippen LogP contribution in [0.3, 0.4) is 0 Å². The highest BCUT2D eigenvalue weighted by molar-refractivity contribution is 5.85. The Hall–Kier alpha value is -1.06. The zero-order valence-electron chi connectivity index (χ0n) is 8.28. The van der Waals surface area contributed by atoms with Gasteiger partial charge < -0.3 is 10.2 Å². The summed E-state index contributed by atoms with van der Waals surface area (Å²) in [6, 6.07) is -0.235. The molecule has 74 valence electrons. The molecule has 4 nitrogen and oxygen atoms in total. The molecule has 0 bridgehead atoms. The number of piperazine rings is 1. The van der Waals surface area contributed by atoms with E-state index in [9.17, 15) is 9.59 Å². The fraction of sp³-hybridized carbons (Fsp3) is 0.778. The molecule has 2 atom stereocenters. The standard InChI is InChI=1S/C9H16N2O2/c1-6(2)8-9(13)10-7(3)4-11(8)5-12/h5-8H,4H2,1-3H3,(H,10,13). The van der Waals surface area contributed by atoms with E-state index in [2.05, 4.69) is 5.32 Å². The minimum Gasteiger partial charge on any atom is -0.350 e. The quantitative estimate of drug-likeness (QED) is 0.613. The number of carbonyl (C=O) groups excluding carboxylic acids is 2. The number of rotatable bonds is 2. The van der Waals surface area contributed by atoms with Crippen molar-refractivity contribution in [1.29, 1.82) is 0 Å². The molecule has 0 aliphatic carbocycles. The van der Waals surface area contributed by atoms with Gasteiger partial charge in [-0.3, -0.25) is 9.59 Å². The van der Waals surface area contributed by atoms with E-state index >= 15 is 0 Å². The van der Waals surface area contributed by atoms with E-state index in [1.165, 1.54) is 0 Å². The van der Waals surface area contributed by atoms with Gasteiger partial charge in [0.25, 0.3) is 0 Å². The van der Waals surface area contributed by atoms with E-state index in [0.29, 0.717) is 6.54 Å². The highest BCUT2D eigenvalue weighted by Gasteiger charge is 2.33. The molecule has 2 unspecified atom stereocenters. The van der Waals surface area contributed by atoms with E-state index in [4.69, 9.17) is 0 Å². The largest absolute Gasteiger partial charge is 0.350 e. The van der Waals surface area contributed by atoms with E-state index in [1.807, 2.05) is 20.8 Å². The molecule has 13 heavy (non-hydrogen) atoms. The molecule has 2 amide bonds. The lowest BCUT2D eigenvalue weighted by atomic mass is 9.99. The van der Waals surface area contributed by atoms with Gasteiger partial charge in [0.1, 0.15) is 6.04 Å². The lowest BCUT2D eigenvalue weighted by Gasteiger charge is -2.37. The van der Waals surface area contributed by atoms with Gasteiger partial charge >= 0.3 is 0 Å². The summed E-state index contributed by atoms with van der Waals surface area (Å²) >= 11 is 0. The van der Waals surface area contributed by atoms with Crippen LogP contribution in [0.4, 0.5) is 0 Å². The number of carbonyl (C=O) groups is 2. The summed E-state index contributed by atoms with van der Waals surface area (Å²) in [5.41, 5.74) is 0. The van der Waals surface area contributed by atoms with Gasteiger partial charge in [-0.05, 0) is 12.8 Å². The lowest BCUT2D eigenvalue weighted by molar-refractivity contribution is -0.139. The van der Waals surface area contributed by atoms with Crippen LogP contribution in [0.2, 0.25) is 0 Å². The molecule has 1 aliphatic rings. The fourth-order valence-corrected chi connectivity index (χ4v) is 1.75. The van der Waals surface area contributed by atoms with Crippen molar-refractivity contribution in [2.24, 2.45) is 5.92 Å². The van der Waals surface area contributed by atoms with Crippen molar-refractivity contribution in [3.05, 3.63) is 0 Å². The number of nitrogens with one attached hydrogen (secondary N) is 1. The Morgan fingerprint density at radius 2 is 2.23 bits per heavy atom. The first-order valence-electron chi connectivity index (χ1n) is 4.57. The molecule has 1 heterocycles. The lowest BCUT2D eigenvalue weighted by Crippen LogP contribution is -2.60. The first-order valence-corrected chi connectivity index (χ1v) is 4.57. The molecule has 0 saturated carbocycles. The van der Waals surface area contributed by atoms with Crippen molar-refractivity contribution in [2.45, 2.75) is 32.9 Å². The normalized spacial score (nSPS) is 28.9. The van der Waals surface area contributed by atoms with Gasteiger partial charge in [-0.15, -0.1) is 0 Å². The van der Waals surface area contributed by atoms with Crippen LogP contribution in [0.5, 0.6) is 0 Å². The monoisotopic (exact) mass is 184 g/mol. The van der Waals surface area contributed by atoms with Crippen molar-refractivity contribution in [2.75, 3.05) is 6.54 Å². The molecule has 0 aromatic rings. The van der Waals surface area contributed by atoms with E-state index < -0.39 is 0 Å². The molecule has 0 radical (unpaired) electrons. The molecule has 1 saturated heterocycles. The van der Waals surface area contributed by atoms with Crippen LogP contribution < -0.4 is 5.32 Å². The van der Waals surface area contributed by atoms with Crippen molar-refractivity contribution >= 4 is 12.3 Å². The SMILES string of the molecule is CC1CN(C=O)C(C(C)C)C(=O)N1. The summed E-state index contributed by atoms with van der Waals surface area (Å²) < 4.78 is 0. The molecule has 4 heteroatoms. The summed E-state index contributed by atoms with van der Waals surface area (Å²) in [5.74, 6) is 0.124. The highest BCUT2D eigenvalue weighted by atomic mass is 16.2. The van der Waals surface area contributed by atoms with Crippen molar-refractivity contribution in [3.63, 3.8) is 0 Å². The van der Waals surface area contributed by atoms with Gasteiger partial charge in [0.15, 0.2) is 0 Å². The smallest absolute Gasteiger partial charge is 0.243 e. The van der Waals surface area contributed by atoms with Crippen LogP contribution in [0, 0.1) is 5.92 Å². The van der Waals surface area contributed by atoms with Crippen LogP contribution in [0.15, 0.2) is 0 Å². The Kier molecular flexibility index (Phi) is 2.90. The van der Waals surface area contributed by atoms with E-state index in [1.54, 1.807) is 4.90 Å². The van der Waals surface area contributed by atoms with Crippen molar-refractivity contribution < 1.29 is 9.59 Å². The average Bonchev–Trinajstić information content (AvgIpc) is 2.01. The Morgan fingerprint density at radius 3 is 2.69 bits per heavy atom. The molecule has 1 aliphatic heterocycles. The van der Waals surface area contributed by atoms with E-state index in [-0.39, 0.29) is 23.9 Å². The summed E-state index contributed by atoms with van der Waals surface area (Å²) in [7, 11) is 0. The Bertz CT molecular complexity index is 216. The number of hydrogen-bond donors (Lipinski definition) is 1. The van der Waals surface area contributed by atoms with Crippen LogP contribution in [0.25, 0.3) is 0 Å². The summed E-state index contributed by atoms with van der Waals surface area (Å²) in [6.07, 6.45) is 0.764. The number of nitrogens with zero attached hydrogens (tertiary/aromatic N) is 1. The predicted molar refractivity (Wildman–Crippen MR) is 49.0 cm³/mol. The Balaban J connectivity index is 2.77. The van der Waals surface area contributed by atoms with Crippen molar-refractivity contribution in [3.8, 4) is 0 Å². The molecular formula is C9H16N2O2. The van der Waals surface area contributed by atoms with Gasteiger partial charge in [-0.1, -0.05) is 13.8 Å². The van der Waals surface area contributed by atoms with Crippen LogP contribution in [0.1, 0.15) is 20.8 Å². The second kappa shape index (κ2) is 3.77. The zero-order valence-corrected chi connectivity index (χ0v) is 8.28. The first kappa shape index (κ1) is 10.0. The minimum atomic E-state index is -0.298. The van der Waals surface area contributed by atoms with Gasteiger partial charge in [-0.25, -0.2) is 0 Å². The number of hydrogen-bond acceptors (Lipinski definition) is 2. The maximum Gasteiger partial charge on any atom is 0.243 e. The predicted octanol–water partition coefficient (Wildman–Crippen LogP) is -0.0123. The number of amides is 2. The third-order valence-electron chi connectivity index (χ3n) is 2.27. The van der Waals surface area contributed by atoms with Crippen LogP contribution in [-0.4, -0.2) is 35.8 Å². The highest BCUT2D eigenvalue weighted by Crippen LogP contribution is 2.13. The molecule has 1 N–H and O–H groups in total. The maximum absolute atomic E-state index is 11.5. The molecule has 0 aromatic heterocycles. The molecule has 0 aromatic carbocycles. The Labute approximate surface area is 78.3 Å². The fourth-order valence-electron chi connectivity index (χ4n) is 1.75. The molecule has 1 rings (SSSR count). The minimum absolute atomic E-state index is 0.0409. The van der Waals surface area contributed by atoms with Gasteiger partial charge in [0.2, 0.25) is 12.3 Å². The second-order valence-electron chi connectivity index (χ2n) is 3.90.